The van der Waals surface area contributed by atoms with E-state index in [2.05, 4.69) is 30.5 Å². The van der Waals surface area contributed by atoms with Gasteiger partial charge < -0.3 is 9.64 Å². The van der Waals surface area contributed by atoms with Gasteiger partial charge >= 0.3 is 0 Å². The summed E-state index contributed by atoms with van der Waals surface area (Å²) in [6, 6.07) is 0.119. The van der Waals surface area contributed by atoms with Crippen LogP contribution in [0.2, 0.25) is 0 Å². The second-order valence-corrected chi connectivity index (χ2v) is 5.76. The lowest BCUT2D eigenvalue weighted by Gasteiger charge is -2.48. The van der Waals surface area contributed by atoms with Crippen LogP contribution in [0.4, 0.5) is 0 Å². The van der Waals surface area contributed by atoms with Gasteiger partial charge in [-0.3, -0.25) is 5.84 Å². The molecular weight excluding hydrogens is 226 g/mol. The Labute approximate surface area is 111 Å². The van der Waals surface area contributed by atoms with E-state index >= 15 is 0 Å². The van der Waals surface area contributed by atoms with Crippen LogP contribution in [0.15, 0.2) is 11.8 Å². The predicted molar refractivity (Wildman–Crippen MR) is 73.9 cm³/mol. The molecular formula is C14H27N3O. The second-order valence-electron chi connectivity index (χ2n) is 5.76. The van der Waals surface area contributed by atoms with Gasteiger partial charge in [0.2, 0.25) is 0 Å². The Hall–Kier alpha value is -0.580. The zero-order valence-electron chi connectivity index (χ0n) is 11.7. The summed E-state index contributed by atoms with van der Waals surface area (Å²) in [6.45, 7) is 0.827. The van der Waals surface area contributed by atoms with Crippen LogP contribution in [0.1, 0.15) is 44.9 Å². The molecule has 4 heteroatoms. The van der Waals surface area contributed by atoms with Crippen LogP contribution in [0.3, 0.4) is 0 Å². The highest BCUT2D eigenvalue weighted by Gasteiger charge is 2.44. The molecule has 0 radical (unpaired) electrons. The van der Waals surface area contributed by atoms with Gasteiger partial charge in [-0.05, 0) is 45.9 Å². The van der Waals surface area contributed by atoms with E-state index in [1.165, 1.54) is 32.1 Å². The van der Waals surface area contributed by atoms with E-state index < -0.39 is 0 Å². The van der Waals surface area contributed by atoms with Gasteiger partial charge in [-0.15, -0.1) is 0 Å². The highest BCUT2D eigenvalue weighted by atomic mass is 16.5. The van der Waals surface area contributed by atoms with Crippen molar-refractivity contribution in [2.24, 2.45) is 5.84 Å². The summed E-state index contributed by atoms with van der Waals surface area (Å²) in [5.74, 6) is 6.91. The van der Waals surface area contributed by atoms with Gasteiger partial charge in [0.25, 0.3) is 0 Å². The second kappa shape index (κ2) is 6.04. The fraction of sp³-hybridized carbons (Fsp3) is 0.857. The van der Waals surface area contributed by atoms with Crippen LogP contribution in [0.5, 0.6) is 0 Å². The molecule has 0 aromatic rings. The van der Waals surface area contributed by atoms with Crippen LogP contribution in [-0.4, -0.2) is 37.2 Å². The van der Waals surface area contributed by atoms with E-state index in [-0.39, 0.29) is 11.6 Å². The third-order valence-electron chi connectivity index (χ3n) is 4.56. The summed E-state index contributed by atoms with van der Waals surface area (Å²) in [4.78, 5) is 2.34. The lowest BCUT2D eigenvalue weighted by atomic mass is 9.74. The van der Waals surface area contributed by atoms with Crippen molar-refractivity contribution in [1.82, 2.24) is 10.3 Å². The van der Waals surface area contributed by atoms with E-state index in [1.807, 2.05) is 0 Å². The van der Waals surface area contributed by atoms with Gasteiger partial charge in [-0.1, -0.05) is 19.3 Å². The van der Waals surface area contributed by atoms with Gasteiger partial charge in [0.05, 0.1) is 12.6 Å². The average Bonchev–Trinajstić information content (AvgIpc) is 2.41. The number of hydrazine groups is 1. The van der Waals surface area contributed by atoms with Crippen LogP contribution in [-0.2, 0) is 4.74 Å². The van der Waals surface area contributed by atoms with Crippen LogP contribution in [0.25, 0.3) is 0 Å². The zero-order chi connectivity index (χ0) is 13.0. The highest BCUT2D eigenvalue weighted by Crippen LogP contribution is 2.38. The smallest absolute Gasteiger partial charge is 0.112 e. The number of ether oxygens (including phenoxy) is 1. The third kappa shape index (κ3) is 2.56. The van der Waals surface area contributed by atoms with Crippen LogP contribution >= 0.6 is 0 Å². The Morgan fingerprint density at radius 1 is 1.28 bits per heavy atom. The molecule has 1 aliphatic carbocycles. The Morgan fingerprint density at radius 3 is 2.50 bits per heavy atom. The van der Waals surface area contributed by atoms with Gasteiger partial charge in [-0.2, -0.15) is 0 Å². The fourth-order valence-electron chi connectivity index (χ4n) is 3.44. The number of nitrogens with zero attached hydrogens (tertiary/aromatic N) is 1. The maximum atomic E-state index is 5.86. The van der Waals surface area contributed by atoms with Crippen LogP contribution in [0, 0.1) is 0 Å². The largest absolute Gasteiger partial charge is 0.496 e. The Morgan fingerprint density at radius 2 is 2.00 bits per heavy atom. The molecule has 1 unspecified atom stereocenters. The minimum atomic E-state index is 0.107. The van der Waals surface area contributed by atoms with Crippen molar-refractivity contribution in [1.29, 1.82) is 0 Å². The maximum absolute atomic E-state index is 5.86. The first kappa shape index (κ1) is 13.8. The molecule has 104 valence electrons. The molecule has 0 spiro atoms. The number of likely N-dealkylation sites (N-methyl/N-ethyl adjacent to an activating group) is 1. The standard InChI is InChI=1S/C14H27N3O/c1-17(2)14(9-5-3-6-10-14)13(16-15)12-8-4-7-11-18-12/h8,13,16H,3-7,9-11,15H2,1-2H3. The molecule has 0 aromatic heterocycles. The average molecular weight is 253 g/mol. The summed E-state index contributed by atoms with van der Waals surface area (Å²) in [5, 5.41) is 0. The number of nitrogens with two attached hydrogens (primary N) is 1. The topological polar surface area (TPSA) is 50.5 Å². The normalized spacial score (nSPS) is 25.4. The van der Waals surface area contributed by atoms with E-state index in [0.717, 1.165) is 25.2 Å². The first-order chi connectivity index (χ1) is 8.70. The van der Waals surface area contributed by atoms with Gasteiger partial charge in [0, 0.05) is 5.54 Å². The molecule has 1 atom stereocenters. The lowest BCUT2D eigenvalue weighted by Crippen LogP contribution is -2.62. The van der Waals surface area contributed by atoms with Crippen LogP contribution < -0.4 is 11.3 Å². The lowest BCUT2D eigenvalue weighted by molar-refractivity contribution is 0.0377. The molecule has 1 heterocycles. The van der Waals surface area contributed by atoms with Crippen molar-refractivity contribution < 1.29 is 4.74 Å². The molecule has 1 aliphatic heterocycles. The quantitative estimate of drug-likeness (QED) is 0.592. The molecule has 2 aliphatic rings. The monoisotopic (exact) mass is 253 g/mol. The number of hydrogen-bond donors (Lipinski definition) is 2. The van der Waals surface area contributed by atoms with Crippen molar-refractivity contribution >= 4 is 0 Å². The molecule has 1 fully saturated rings. The molecule has 3 N–H and O–H groups in total. The maximum Gasteiger partial charge on any atom is 0.112 e. The summed E-state index contributed by atoms with van der Waals surface area (Å²) in [5.41, 5.74) is 3.14. The molecule has 4 nitrogen and oxygen atoms in total. The van der Waals surface area contributed by atoms with E-state index in [0.29, 0.717) is 0 Å². The number of nitrogens with one attached hydrogen (secondary N) is 1. The van der Waals surface area contributed by atoms with Crippen molar-refractivity contribution in [3.63, 3.8) is 0 Å². The van der Waals surface area contributed by atoms with Crippen molar-refractivity contribution in [3.8, 4) is 0 Å². The van der Waals surface area contributed by atoms with Crippen molar-refractivity contribution in [2.45, 2.75) is 56.5 Å². The Balaban J connectivity index is 2.23. The summed E-state index contributed by atoms with van der Waals surface area (Å²) in [7, 11) is 4.33. The SMILES string of the molecule is CN(C)C1(C(NN)C2=CCCCO2)CCCCC1. The number of rotatable bonds is 4. The highest BCUT2D eigenvalue weighted by molar-refractivity contribution is 5.16. The van der Waals surface area contributed by atoms with Gasteiger partial charge in [0.15, 0.2) is 0 Å². The zero-order valence-corrected chi connectivity index (χ0v) is 11.7. The fourth-order valence-corrected chi connectivity index (χ4v) is 3.44. The van der Waals surface area contributed by atoms with E-state index in [1.54, 1.807) is 0 Å². The number of hydrogen-bond acceptors (Lipinski definition) is 4. The van der Waals surface area contributed by atoms with E-state index in [4.69, 9.17) is 10.6 Å². The first-order valence-electron chi connectivity index (χ1n) is 7.17. The predicted octanol–water partition coefficient (Wildman–Crippen LogP) is 1.78. The molecule has 0 amide bonds. The minimum Gasteiger partial charge on any atom is -0.496 e. The molecule has 0 aromatic carbocycles. The minimum absolute atomic E-state index is 0.107. The molecule has 0 bridgehead atoms. The van der Waals surface area contributed by atoms with Gasteiger partial charge in [0.1, 0.15) is 5.76 Å². The molecule has 18 heavy (non-hydrogen) atoms. The summed E-state index contributed by atoms with van der Waals surface area (Å²) >= 11 is 0. The Kier molecular flexibility index (Phi) is 4.65. The summed E-state index contributed by atoms with van der Waals surface area (Å²) in [6.07, 6.45) is 10.7. The third-order valence-corrected chi connectivity index (χ3v) is 4.56. The Bertz CT molecular complexity index is 295. The molecule has 1 saturated carbocycles. The van der Waals surface area contributed by atoms with E-state index in [9.17, 15) is 0 Å². The van der Waals surface area contributed by atoms with Crippen molar-refractivity contribution in [3.05, 3.63) is 11.8 Å². The molecule has 0 saturated heterocycles. The number of allylic oxidation sites excluding steroid dienone is 1. The first-order valence-corrected chi connectivity index (χ1v) is 7.17. The molecule has 2 rings (SSSR count). The van der Waals surface area contributed by atoms with Gasteiger partial charge in [-0.25, -0.2) is 5.43 Å². The summed E-state index contributed by atoms with van der Waals surface area (Å²) < 4.78 is 5.85. The van der Waals surface area contributed by atoms with Crippen molar-refractivity contribution in [2.75, 3.05) is 20.7 Å².